The Morgan fingerprint density at radius 2 is 0.456 bits per heavy atom. The van der Waals surface area contributed by atoms with E-state index in [0.29, 0.717) is 68.5 Å². The van der Waals surface area contributed by atoms with Gasteiger partial charge in [0.1, 0.15) is 0 Å². The second-order valence-corrected chi connectivity index (χ2v) is 28.6. The normalized spacial score (nSPS) is 15.6. The maximum Gasteiger partial charge on any atom is 0.323 e. The van der Waals surface area contributed by atoms with Gasteiger partial charge in [-0.25, -0.2) is 19.2 Å². The van der Waals surface area contributed by atoms with Gasteiger partial charge in [-0.1, -0.05) is 184 Å². The smallest absolute Gasteiger partial charge is 0.323 e. The van der Waals surface area contributed by atoms with Gasteiger partial charge in [-0.05, 0) is 117 Å². The molecule has 0 aromatic heterocycles. The van der Waals surface area contributed by atoms with Crippen LogP contribution in [-0.4, -0.2) is 24.1 Å². The Balaban J connectivity index is 1.06. The fourth-order valence-corrected chi connectivity index (χ4v) is 11.4. The van der Waals surface area contributed by atoms with E-state index in [1.54, 1.807) is 97.1 Å². The summed E-state index contributed by atoms with van der Waals surface area (Å²) >= 11 is 0. The number of benzene rings is 8. The minimum atomic E-state index is -0.746. The molecule has 16 heteroatoms. The largest absolute Gasteiger partial charge is 0.453 e. The molecule has 0 aliphatic carbocycles. The van der Waals surface area contributed by atoms with E-state index in [1.807, 2.05) is 24.3 Å². The van der Waals surface area contributed by atoms with Crippen molar-refractivity contribution in [1.82, 2.24) is 0 Å². The highest BCUT2D eigenvalue weighted by molar-refractivity contribution is 6.06. The number of carbonyl (C=O) groups is 4. The fourth-order valence-electron chi connectivity index (χ4n) is 11.4. The van der Waals surface area contributed by atoms with E-state index in [2.05, 4.69) is 178 Å². The third-order valence-electron chi connectivity index (χ3n) is 16.9. The summed E-state index contributed by atoms with van der Waals surface area (Å²) in [5, 5.41) is 24.6. The molecule has 0 spiro atoms. The molecule has 8 amide bonds. The SMILES string of the molecule is CC(C)(C)c1cc2c3c(c1)C(C)(C)c1cc(C(C)(C)C)cc(c1O3)NC(=O)Nc1cc(C(C)(C)C)cc3c1Oc1c(cc(C(C)(C)C)cc1C3(C)C)NC(=O)Nc1ccccc1Oc1ccccc1NC(=O)Nc1ccccc1Oc1ccccc1NC(=O)N2. The van der Waals surface area contributed by atoms with Crippen LogP contribution in [0, 0.1) is 0 Å². The van der Waals surface area contributed by atoms with Gasteiger partial charge < -0.3 is 61.5 Å². The molecule has 0 saturated carbocycles. The van der Waals surface area contributed by atoms with E-state index in [-0.39, 0.29) is 44.7 Å². The van der Waals surface area contributed by atoms with E-state index in [9.17, 15) is 14.4 Å². The number of carbonyl (C=O) groups excluding carboxylic acids is 4. The Morgan fingerprint density at radius 1 is 0.267 bits per heavy atom. The first kappa shape index (κ1) is 61.7. The average molecular weight is 1210 g/mol. The highest BCUT2D eigenvalue weighted by atomic mass is 16.5. The Morgan fingerprint density at radius 3 is 0.656 bits per heavy atom. The van der Waals surface area contributed by atoms with Gasteiger partial charge in [-0.2, -0.15) is 0 Å². The first-order chi connectivity index (χ1) is 42.2. The van der Waals surface area contributed by atoms with Crippen LogP contribution in [0.2, 0.25) is 0 Å². The van der Waals surface area contributed by atoms with E-state index >= 15 is 4.79 Å². The number of para-hydroxylation sites is 8. The molecule has 0 atom stereocenters. The molecule has 0 unspecified atom stereocenters. The third-order valence-corrected chi connectivity index (χ3v) is 16.9. The van der Waals surface area contributed by atoms with Crippen LogP contribution in [0.15, 0.2) is 146 Å². The number of amides is 8. The summed E-state index contributed by atoms with van der Waals surface area (Å²) in [7, 11) is 0. The summed E-state index contributed by atoms with van der Waals surface area (Å²) in [5.41, 5.74) is 7.15. The van der Waals surface area contributed by atoms with Gasteiger partial charge in [0.05, 0.1) is 45.5 Å². The molecule has 8 N–H and O–H groups in total. The first-order valence-electron chi connectivity index (χ1n) is 30.4. The summed E-state index contributed by atoms with van der Waals surface area (Å²) in [6, 6.07) is 41.8. The maximum absolute atomic E-state index is 15.2. The number of fused-ring (bicyclic) bond motifs is 4. The van der Waals surface area contributed by atoms with E-state index in [4.69, 9.17) is 18.9 Å². The topological polar surface area (TPSA) is 201 Å². The number of hydrogen-bond donors (Lipinski definition) is 8. The molecular formula is C74H80N8O8. The van der Waals surface area contributed by atoms with Gasteiger partial charge in [0.2, 0.25) is 0 Å². The maximum atomic E-state index is 15.2. The fraction of sp³-hybridized carbons (Fsp3) is 0.297. The van der Waals surface area contributed by atoms with Crippen molar-refractivity contribution in [2.75, 3.05) is 42.5 Å². The highest BCUT2D eigenvalue weighted by Gasteiger charge is 2.42. The molecule has 8 aromatic rings. The number of nitrogens with one attached hydrogen (secondary N) is 8. The van der Waals surface area contributed by atoms with Crippen LogP contribution in [0.3, 0.4) is 0 Å². The molecule has 8 aromatic carbocycles. The van der Waals surface area contributed by atoms with E-state index < -0.39 is 35.0 Å². The van der Waals surface area contributed by atoms with Crippen molar-refractivity contribution in [3.8, 4) is 46.0 Å². The zero-order valence-corrected chi connectivity index (χ0v) is 54.1. The zero-order valence-electron chi connectivity index (χ0n) is 54.1. The molecule has 3 heterocycles. The van der Waals surface area contributed by atoms with Crippen molar-refractivity contribution in [3.63, 3.8) is 0 Å². The van der Waals surface area contributed by atoms with Crippen molar-refractivity contribution < 1.29 is 38.1 Å². The van der Waals surface area contributed by atoms with Crippen LogP contribution >= 0.6 is 0 Å². The lowest BCUT2D eigenvalue weighted by molar-refractivity contribution is 0.261. The van der Waals surface area contributed by atoms with E-state index in [0.717, 1.165) is 44.5 Å². The standard InChI is InChI=1S/C74H80N8O8/c1-69(2,3)41-33-45-61-53(37-41)79-66(84)77-51-27-19-23-31-59(51)87-57-29-21-17-25-49(57)75-65(83)76-50-26-18-22-30-58(50)88-60-32-24-20-28-52(60)78-67(85)80-54-38-42(70(4,5)6)34-46-62(54)90-64-48(74(46,15)16)36-44(72(10,11)12)40-56(64)82-68(86)81-55-39-43(71(7,8)9)35-47(63(55)89-61)73(45,13)14/h17-40H,1-16H3,(H2,75,76,83)(H2,77,79,84)(H2,78,80,85)(H2,81,82,86). The van der Waals surface area contributed by atoms with Crippen LogP contribution in [-0.2, 0) is 32.5 Å². The van der Waals surface area contributed by atoms with Crippen molar-refractivity contribution in [1.29, 1.82) is 0 Å². The summed E-state index contributed by atoms with van der Waals surface area (Å²) in [4.78, 5) is 58.5. The molecule has 3 aliphatic rings. The number of ether oxygens (including phenoxy) is 4. The molecule has 3 aliphatic heterocycles. The minimum Gasteiger partial charge on any atom is -0.453 e. The Hall–Kier alpha value is -9.96. The van der Waals surface area contributed by atoms with Crippen molar-refractivity contribution in [3.05, 3.63) is 190 Å². The first-order valence-corrected chi connectivity index (χ1v) is 30.4. The van der Waals surface area contributed by atoms with Gasteiger partial charge in [0.25, 0.3) is 0 Å². The van der Waals surface area contributed by atoms with Crippen LogP contribution in [0.25, 0.3) is 0 Å². The molecule has 4 bridgehead atoms. The Kier molecular flexibility index (Phi) is 15.5. The van der Waals surface area contributed by atoms with Crippen molar-refractivity contribution in [2.45, 2.75) is 143 Å². The summed E-state index contributed by atoms with van der Waals surface area (Å²) in [6.45, 7) is 34.0. The highest BCUT2D eigenvalue weighted by Crippen LogP contribution is 2.58. The molecule has 0 saturated heterocycles. The monoisotopic (exact) mass is 1210 g/mol. The molecule has 0 fully saturated rings. The molecular weight excluding hydrogens is 1130 g/mol. The predicted molar refractivity (Wildman–Crippen MR) is 361 cm³/mol. The Labute approximate surface area is 527 Å². The van der Waals surface area contributed by atoms with Gasteiger partial charge in [0, 0.05) is 33.1 Å². The molecule has 90 heavy (non-hydrogen) atoms. The second kappa shape index (κ2) is 22.6. The predicted octanol–water partition coefficient (Wildman–Crippen LogP) is 20.2. The molecule has 0 radical (unpaired) electrons. The molecule has 11 rings (SSSR count). The van der Waals surface area contributed by atoms with Gasteiger partial charge in [0.15, 0.2) is 46.0 Å². The van der Waals surface area contributed by atoms with Crippen LogP contribution in [0.5, 0.6) is 46.0 Å². The molecule has 16 nitrogen and oxygen atoms in total. The quantitative estimate of drug-likeness (QED) is 0.0733. The van der Waals surface area contributed by atoms with E-state index in [1.165, 1.54) is 0 Å². The summed E-state index contributed by atoms with van der Waals surface area (Å²) in [5.74, 6) is 2.78. The third kappa shape index (κ3) is 12.3. The molecule has 464 valence electrons. The summed E-state index contributed by atoms with van der Waals surface area (Å²) < 4.78 is 27.3. The van der Waals surface area contributed by atoms with Gasteiger partial charge in [-0.3, -0.25) is 0 Å². The number of hydrogen-bond acceptors (Lipinski definition) is 8. The lowest BCUT2D eigenvalue weighted by Crippen LogP contribution is -2.30. The van der Waals surface area contributed by atoms with Crippen LogP contribution < -0.4 is 61.5 Å². The number of rotatable bonds is 0. The minimum absolute atomic E-state index is 0.287. The van der Waals surface area contributed by atoms with Crippen LogP contribution in [0.4, 0.5) is 64.7 Å². The average Bonchev–Trinajstić information content (AvgIpc) is 0.731. The van der Waals surface area contributed by atoms with Gasteiger partial charge >= 0.3 is 24.1 Å². The lowest BCUT2D eigenvalue weighted by Gasteiger charge is -2.39. The van der Waals surface area contributed by atoms with Crippen LogP contribution in [0.1, 0.15) is 155 Å². The lowest BCUT2D eigenvalue weighted by atomic mass is 9.71. The second-order valence-electron chi connectivity index (χ2n) is 28.6. The Bertz CT molecular complexity index is 3970. The zero-order chi connectivity index (χ0) is 64.6. The van der Waals surface area contributed by atoms with Crippen molar-refractivity contribution >= 4 is 69.6 Å². The number of urea groups is 4. The number of anilines is 8. The van der Waals surface area contributed by atoms with Crippen molar-refractivity contribution in [2.24, 2.45) is 0 Å². The summed E-state index contributed by atoms with van der Waals surface area (Å²) in [6.07, 6.45) is 0. The van der Waals surface area contributed by atoms with Gasteiger partial charge in [-0.15, -0.1) is 0 Å².